The third-order valence-corrected chi connectivity index (χ3v) is 9.50. The fraction of sp³-hybridized carbons (Fsp3) is 0.825. The number of hydrogen-bond donors (Lipinski definition) is 9. The average molecular weight is 829 g/mol. The van der Waals surface area contributed by atoms with Crippen molar-refractivity contribution in [2.24, 2.45) is 23.7 Å². The standard InChI is InChI=1S/C40H72N6O12/c1-22(2)10-27-12-37(52)46-32(25(7)8)17-39(54)45-30(14-36(51)43-28(11-23(3)4)15-40(55)56)19-58-21-34(49)33(48)20-57-18-29(13-35(50)42-27)44-38(53)16-31(24(5)6)41-26(9)47/h22-25,27-34,48-49H,10-21H2,1-9H3,(H,41,47)(H,42,50)(H,43,51)(H,44,53)(H,45,54)(H,46,52)(H,55,56)/t27-,28-,29+,30?,31+,32+,33?,34?/m0/s1. The van der Waals surface area contributed by atoms with Gasteiger partial charge in [-0.3, -0.25) is 33.6 Å². The Bertz CT molecular complexity index is 1320. The number of rotatable bonds is 15. The van der Waals surface area contributed by atoms with Crippen LogP contribution in [0.1, 0.15) is 114 Å². The number of carboxylic acids is 1. The van der Waals surface area contributed by atoms with Crippen LogP contribution in [0.2, 0.25) is 0 Å². The van der Waals surface area contributed by atoms with Gasteiger partial charge in [0.2, 0.25) is 35.4 Å². The average Bonchev–Trinajstić information content (AvgIpc) is 3.05. The maximum absolute atomic E-state index is 13.4. The molecule has 0 aromatic heterocycles. The molecule has 0 spiro atoms. The number of hydrogen-bond acceptors (Lipinski definition) is 11. The zero-order valence-corrected chi connectivity index (χ0v) is 35.9. The maximum atomic E-state index is 13.4. The van der Waals surface area contributed by atoms with Crippen molar-refractivity contribution in [3.63, 3.8) is 0 Å². The van der Waals surface area contributed by atoms with Crippen LogP contribution in [0.15, 0.2) is 0 Å². The number of ether oxygens (including phenoxy) is 2. The summed E-state index contributed by atoms with van der Waals surface area (Å²) in [5.41, 5.74) is 0. The highest BCUT2D eigenvalue weighted by Crippen LogP contribution is 2.14. The van der Waals surface area contributed by atoms with Gasteiger partial charge in [0.05, 0.1) is 44.9 Å². The van der Waals surface area contributed by atoms with E-state index in [4.69, 9.17) is 9.47 Å². The quantitative estimate of drug-likeness (QED) is 0.109. The lowest BCUT2D eigenvalue weighted by atomic mass is 9.97. The summed E-state index contributed by atoms with van der Waals surface area (Å²) in [5.74, 6) is -3.78. The van der Waals surface area contributed by atoms with Crippen molar-refractivity contribution in [2.45, 2.75) is 162 Å². The Morgan fingerprint density at radius 2 is 1.28 bits per heavy atom. The van der Waals surface area contributed by atoms with Gasteiger partial charge in [0.25, 0.3) is 0 Å². The summed E-state index contributed by atoms with van der Waals surface area (Å²) >= 11 is 0. The fourth-order valence-corrected chi connectivity index (χ4v) is 6.57. The van der Waals surface area contributed by atoms with Gasteiger partial charge >= 0.3 is 5.97 Å². The predicted molar refractivity (Wildman–Crippen MR) is 215 cm³/mol. The minimum Gasteiger partial charge on any atom is -0.481 e. The Hall–Kier alpha value is -3.87. The first kappa shape index (κ1) is 52.1. The van der Waals surface area contributed by atoms with E-state index in [0.717, 1.165) is 0 Å². The van der Waals surface area contributed by atoms with E-state index in [2.05, 4.69) is 31.9 Å². The van der Waals surface area contributed by atoms with Gasteiger partial charge in [-0.15, -0.1) is 0 Å². The van der Waals surface area contributed by atoms with Crippen molar-refractivity contribution >= 4 is 41.4 Å². The lowest BCUT2D eigenvalue weighted by Crippen LogP contribution is -2.49. The van der Waals surface area contributed by atoms with Crippen LogP contribution in [-0.2, 0) is 43.0 Å². The number of aliphatic hydroxyl groups excluding tert-OH is 2. The topological polar surface area (TPSA) is 271 Å². The SMILES string of the molecule is CC(=O)N[C@H](CC(=O)N[C@H]1COCC(O)C(O)COCC(CC(=O)N[C@H](CC(=O)O)CC(C)C)NC(=O)C[C@H](C(C)C)NC(=O)C[C@H](CC(C)C)NC(=O)C1)C(C)C. The van der Waals surface area contributed by atoms with Gasteiger partial charge < -0.3 is 56.7 Å². The van der Waals surface area contributed by atoms with Crippen LogP contribution in [0.5, 0.6) is 0 Å². The van der Waals surface area contributed by atoms with Crippen LogP contribution in [-0.4, -0.2) is 132 Å². The molecule has 1 rings (SSSR count). The number of carboxylic acid groups (broad SMARTS) is 1. The van der Waals surface area contributed by atoms with E-state index in [9.17, 15) is 48.9 Å². The molecule has 0 aliphatic carbocycles. The Balaban J connectivity index is 3.36. The van der Waals surface area contributed by atoms with E-state index in [1.165, 1.54) is 6.92 Å². The highest BCUT2D eigenvalue weighted by molar-refractivity contribution is 5.83. The molecule has 0 saturated carbocycles. The number of nitrogens with one attached hydrogen (secondary N) is 6. The highest BCUT2D eigenvalue weighted by Gasteiger charge is 2.29. The van der Waals surface area contributed by atoms with E-state index >= 15 is 0 Å². The second-order valence-corrected chi connectivity index (χ2v) is 17.1. The number of aliphatic hydroxyl groups is 2. The third-order valence-electron chi connectivity index (χ3n) is 9.50. The second kappa shape index (κ2) is 27.0. The van der Waals surface area contributed by atoms with Crippen LogP contribution in [0.4, 0.5) is 0 Å². The van der Waals surface area contributed by atoms with Crippen molar-refractivity contribution in [1.29, 1.82) is 0 Å². The number of aliphatic carboxylic acids is 1. The van der Waals surface area contributed by atoms with Crippen molar-refractivity contribution < 1.29 is 58.4 Å². The second-order valence-electron chi connectivity index (χ2n) is 17.1. The van der Waals surface area contributed by atoms with Crippen molar-refractivity contribution in [3.8, 4) is 0 Å². The molecule has 1 saturated heterocycles. The lowest BCUT2D eigenvalue weighted by molar-refractivity contribution is -0.138. The minimum absolute atomic E-state index is 0.0674. The van der Waals surface area contributed by atoms with E-state index in [0.29, 0.717) is 12.8 Å². The largest absolute Gasteiger partial charge is 0.481 e. The molecule has 8 atom stereocenters. The molecule has 334 valence electrons. The number of carbonyl (C=O) groups is 7. The predicted octanol–water partition coefficient (Wildman–Crippen LogP) is 0.513. The monoisotopic (exact) mass is 829 g/mol. The first-order chi connectivity index (χ1) is 27.0. The van der Waals surface area contributed by atoms with Gasteiger partial charge in [-0.25, -0.2) is 0 Å². The Morgan fingerprint density at radius 1 is 0.707 bits per heavy atom. The molecule has 1 heterocycles. The molecular weight excluding hydrogens is 756 g/mol. The van der Waals surface area contributed by atoms with Crippen LogP contribution in [0.25, 0.3) is 0 Å². The third kappa shape index (κ3) is 23.5. The molecule has 58 heavy (non-hydrogen) atoms. The van der Waals surface area contributed by atoms with Crippen molar-refractivity contribution in [1.82, 2.24) is 31.9 Å². The van der Waals surface area contributed by atoms with Gasteiger partial charge in [0, 0.05) is 63.2 Å². The molecule has 18 heteroatoms. The molecule has 1 fully saturated rings. The van der Waals surface area contributed by atoms with Crippen LogP contribution in [0.3, 0.4) is 0 Å². The van der Waals surface area contributed by atoms with Gasteiger partial charge in [0.15, 0.2) is 0 Å². The Morgan fingerprint density at radius 3 is 1.81 bits per heavy atom. The van der Waals surface area contributed by atoms with Crippen LogP contribution in [0, 0.1) is 23.7 Å². The van der Waals surface area contributed by atoms with Crippen LogP contribution < -0.4 is 31.9 Å². The van der Waals surface area contributed by atoms with E-state index in [1.54, 1.807) is 0 Å². The zero-order chi connectivity index (χ0) is 44.1. The molecule has 0 aromatic rings. The zero-order valence-electron chi connectivity index (χ0n) is 35.9. The van der Waals surface area contributed by atoms with Gasteiger partial charge in [-0.05, 0) is 36.5 Å². The first-order valence-corrected chi connectivity index (χ1v) is 20.5. The minimum atomic E-state index is -1.47. The highest BCUT2D eigenvalue weighted by atomic mass is 16.5. The molecule has 0 aromatic carbocycles. The summed E-state index contributed by atoms with van der Waals surface area (Å²) in [6.45, 7) is 15.1. The summed E-state index contributed by atoms with van der Waals surface area (Å²) in [4.78, 5) is 89.7. The normalized spacial score (nSPS) is 24.8. The van der Waals surface area contributed by atoms with Crippen molar-refractivity contribution in [3.05, 3.63) is 0 Å². The Kier molecular flexibility index (Phi) is 24.3. The van der Waals surface area contributed by atoms with Crippen LogP contribution >= 0.6 is 0 Å². The first-order valence-electron chi connectivity index (χ1n) is 20.5. The van der Waals surface area contributed by atoms with E-state index < -0.39 is 97.2 Å². The van der Waals surface area contributed by atoms with Gasteiger partial charge in [-0.2, -0.15) is 0 Å². The molecule has 3 unspecified atom stereocenters. The molecule has 1 aliphatic heterocycles. The molecular formula is C40H72N6O12. The Labute approximate surface area is 343 Å². The van der Waals surface area contributed by atoms with E-state index in [1.807, 2.05) is 55.4 Å². The van der Waals surface area contributed by atoms with E-state index in [-0.39, 0.29) is 81.3 Å². The van der Waals surface area contributed by atoms with Crippen molar-refractivity contribution in [2.75, 3.05) is 26.4 Å². The van der Waals surface area contributed by atoms with Gasteiger partial charge in [-0.1, -0.05) is 55.4 Å². The number of carbonyl (C=O) groups excluding carboxylic acids is 6. The fourth-order valence-electron chi connectivity index (χ4n) is 6.57. The summed E-state index contributed by atoms with van der Waals surface area (Å²) < 4.78 is 11.3. The lowest BCUT2D eigenvalue weighted by Gasteiger charge is -2.27. The molecule has 0 bridgehead atoms. The molecule has 0 radical (unpaired) electrons. The molecule has 9 N–H and O–H groups in total. The molecule has 18 nitrogen and oxygen atoms in total. The molecule has 6 amide bonds. The summed E-state index contributed by atoms with van der Waals surface area (Å²) in [6.07, 6.45) is -3.20. The molecule has 1 aliphatic rings. The summed E-state index contributed by atoms with van der Waals surface area (Å²) in [5, 5.41) is 47.6. The number of amides is 6. The van der Waals surface area contributed by atoms with Gasteiger partial charge in [0.1, 0.15) is 12.2 Å². The summed E-state index contributed by atoms with van der Waals surface area (Å²) in [7, 11) is 0. The smallest absolute Gasteiger partial charge is 0.305 e. The maximum Gasteiger partial charge on any atom is 0.305 e. The summed E-state index contributed by atoms with van der Waals surface area (Å²) in [6, 6.07) is -4.14.